The van der Waals surface area contributed by atoms with Crippen LogP contribution < -0.4 is 0 Å². The van der Waals surface area contributed by atoms with Gasteiger partial charge in [-0.05, 0) is 30.0 Å². The SMILES string of the molecule is c1nnnc2c1CCC2. The molecule has 3 nitrogen and oxygen atoms in total. The third-order valence-corrected chi connectivity index (χ3v) is 1.66. The second kappa shape index (κ2) is 1.76. The monoisotopic (exact) mass is 121 g/mol. The number of aryl methyl sites for hydroxylation is 2. The fourth-order valence-electron chi connectivity index (χ4n) is 1.18. The predicted molar refractivity (Wildman–Crippen MR) is 31.9 cm³/mol. The summed E-state index contributed by atoms with van der Waals surface area (Å²) in [4.78, 5) is 0. The Morgan fingerprint density at radius 1 is 1.33 bits per heavy atom. The molecule has 0 amide bonds. The van der Waals surface area contributed by atoms with Gasteiger partial charge in [0.25, 0.3) is 0 Å². The Kier molecular flexibility index (Phi) is 0.946. The minimum Gasteiger partial charge on any atom is -0.138 e. The first-order valence-electron chi connectivity index (χ1n) is 3.13. The lowest BCUT2D eigenvalue weighted by Crippen LogP contribution is -1.92. The van der Waals surface area contributed by atoms with Crippen molar-refractivity contribution >= 4 is 0 Å². The molecule has 1 aromatic rings. The second-order valence-electron chi connectivity index (χ2n) is 2.26. The Balaban J connectivity index is 2.54. The van der Waals surface area contributed by atoms with E-state index in [0.29, 0.717) is 0 Å². The van der Waals surface area contributed by atoms with Crippen LogP contribution in [-0.4, -0.2) is 15.4 Å². The highest BCUT2D eigenvalue weighted by Gasteiger charge is 2.10. The molecular formula is C6H7N3. The van der Waals surface area contributed by atoms with Crippen molar-refractivity contribution in [2.24, 2.45) is 0 Å². The van der Waals surface area contributed by atoms with Gasteiger partial charge in [0.15, 0.2) is 0 Å². The van der Waals surface area contributed by atoms with Crippen molar-refractivity contribution in [3.63, 3.8) is 0 Å². The van der Waals surface area contributed by atoms with E-state index in [4.69, 9.17) is 0 Å². The zero-order valence-corrected chi connectivity index (χ0v) is 5.04. The van der Waals surface area contributed by atoms with Crippen molar-refractivity contribution in [2.45, 2.75) is 19.3 Å². The third kappa shape index (κ3) is 0.686. The third-order valence-electron chi connectivity index (χ3n) is 1.66. The fourth-order valence-corrected chi connectivity index (χ4v) is 1.18. The highest BCUT2D eigenvalue weighted by Crippen LogP contribution is 2.16. The van der Waals surface area contributed by atoms with E-state index in [1.54, 1.807) is 0 Å². The zero-order valence-electron chi connectivity index (χ0n) is 5.04. The average molecular weight is 121 g/mol. The molecule has 46 valence electrons. The summed E-state index contributed by atoms with van der Waals surface area (Å²) < 4.78 is 0. The first-order chi connectivity index (χ1) is 4.47. The summed E-state index contributed by atoms with van der Waals surface area (Å²) in [7, 11) is 0. The molecule has 2 rings (SSSR count). The molecule has 0 saturated heterocycles. The summed E-state index contributed by atoms with van der Waals surface area (Å²) in [6, 6.07) is 0. The first kappa shape index (κ1) is 4.85. The van der Waals surface area contributed by atoms with Crippen LogP contribution in [-0.2, 0) is 12.8 Å². The molecule has 0 aromatic carbocycles. The van der Waals surface area contributed by atoms with Gasteiger partial charge in [-0.15, -0.1) is 10.2 Å². The van der Waals surface area contributed by atoms with E-state index < -0.39 is 0 Å². The van der Waals surface area contributed by atoms with Crippen LogP contribution in [0.5, 0.6) is 0 Å². The van der Waals surface area contributed by atoms with E-state index in [0.717, 1.165) is 18.5 Å². The summed E-state index contributed by atoms with van der Waals surface area (Å²) >= 11 is 0. The molecule has 1 aliphatic rings. The minimum atomic E-state index is 1.09. The van der Waals surface area contributed by atoms with E-state index in [9.17, 15) is 0 Å². The Morgan fingerprint density at radius 3 is 3.22 bits per heavy atom. The number of aromatic nitrogens is 3. The zero-order chi connectivity index (χ0) is 6.10. The number of rotatable bonds is 0. The standard InChI is InChI=1S/C6H7N3/c1-2-5-4-7-9-8-6(5)3-1/h4H,1-3H2. The van der Waals surface area contributed by atoms with Crippen molar-refractivity contribution in [3.8, 4) is 0 Å². The molecule has 0 atom stereocenters. The molecule has 0 bridgehead atoms. The van der Waals surface area contributed by atoms with Crippen LogP contribution in [0.25, 0.3) is 0 Å². The second-order valence-corrected chi connectivity index (χ2v) is 2.26. The van der Waals surface area contributed by atoms with Crippen molar-refractivity contribution < 1.29 is 0 Å². The van der Waals surface area contributed by atoms with Gasteiger partial charge in [0.05, 0.1) is 11.9 Å². The topological polar surface area (TPSA) is 38.7 Å². The van der Waals surface area contributed by atoms with Crippen molar-refractivity contribution in [2.75, 3.05) is 0 Å². The summed E-state index contributed by atoms with van der Waals surface area (Å²) in [5.74, 6) is 0. The largest absolute Gasteiger partial charge is 0.138 e. The summed E-state index contributed by atoms with van der Waals surface area (Å²) in [6.07, 6.45) is 5.26. The molecule has 3 heteroatoms. The molecule has 1 aromatic heterocycles. The molecule has 0 fully saturated rings. The predicted octanol–water partition coefficient (Wildman–Crippen LogP) is 0.360. The molecule has 9 heavy (non-hydrogen) atoms. The Morgan fingerprint density at radius 2 is 2.33 bits per heavy atom. The normalized spacial score (nSPS) is 15.6. The van der Waals surface area contributed by atoms with Crippen LogP contribution >= 0.6 is 0 Å². The number of hydrogen-bond donors (Lipinski definition) is 0. The molecule has 0 unspecified atom stereocenters. The van der Waals surface area contributed by atoms with Gasteiger partial charge in [-0.1, -0.05) is 0 Å². The van der Waals surface area contributed by atoms with Gasteiger partial charge in [0.1, 0.15) is 0 Å². The van der Waals surface area contributed by atoms with Gasteiger partial charge < -0.3 is 0 Å². The quantitative estimate of drug-likeness (QED) is 0.497. The van der Waals surface area contributed by atoms with Gasteiger partial charge in [-0.25, -0.2) is 0 Å². The van der Waals surface area contributed by atoms with Crippen LogP contribution in [0.15, 0.2) is 6.20 Å². The van der Waals surface area contributed by atoms with E-state index in [1.807, 2.05) is 6.20 Å². The fraction of sp³-hybridized carbons (Fsp3) is 0.500. The number of fused-ring (bicyclic) bond motifs is 1. The van der Waals surface area contributed by atoms with Crippen molar-refractivity contribution in [1.29, 1.82) is 0 Å². The molecule has 0 radical (unpaired) electrons. The molecular weight excluding hydrogens is 114 g/mol. The summed E-state index contributed by atoms with van der Waals surface area (Å²) in [5.41, 5.74) is 2.43. The maximum absolute atomic E-state index is 3.90. The summed E-state index contributed by atoms with van der Waals surface area (Å²) in [6.45, 7) is 0. The average Bonchev–Trinajstić information content (AvgIpc) is 2.33. The lowest BCUT2D eigenvalue weighted by atomic mass is 10.3. The van der Waals surface area contributed by atoms with Crippen molar-refractivity contribution in [1.82, 2.24) is 15.4 Å². The highest BCUT2D eigenvalue weighted by molar-refractivity contribution is 5.19. The Bertz CT molecular complexity index is 198. The number of nitrogens with zero attached hydrogens (tertiary/aromatic N) is 3. The van der Waals surface area contributed by atoms with Gasteiger partial charge >= 0.3 is 0 Å². The molecule has 0 spiro atoms. The van der Waals surface area contributed by atoms with Gasteiger partial charge in [0, 0.05) is 0 Å². The Labute approximate surface area is 53.1 Å². The van der Waals surface area contributed by atoms with Crippen molar-refractivity contribution in [3.05, 3.63) is 17.5 Å². The maximum atomic E-state index is 3.90. The van der Waals surface area contributed by atoms with Crippen LogP contribution in [0, 0.1) is 0 Å². The smallest absolute Gasteiger partial charge is 0.0696 e. The van der Waals surface area contributed by atoms with Crippen LogP contribution in [0.2, 0.25) is 0 Å². The molecule has 1 heterocycles. The lowest BCUT2D eigenvalue weighted by molar-refractivity contribution is 0.815. The maximum Gasteiger partial charge on any atom is 0.0696 e. The van der Waals surface area contributed by atoms with Gasteiger partial charge in [-0.2, -0.15) is 0 Å². The lowest BCUT2D eigenvalue weighted by Gasteiger charge is -1.89. The van der Waals surface area contributed by atoms with Crippen LogP contribution in [0.4, 0.5) is 0 Å². The van der Waals surface area contributed by atoms with E-state index in [2.05, 4.69) is 15.4 Å². The molecule has 0 N–H and O–H groups in total. The highest BCUT2D eigenvalue weighted by atomic mass is 15.3. The van der Waals surface area contributed by atoms with Crippen LogP contribution in [0.1, 0.15) is 17.7 Å². The molecule has 0 aliphatic heterocycles. The minimum absolute atomic E-state index is 1.09. The summed E-state index contributed by atoms with van der Waals surface area (Å²) in [5, 5.41) is 11.1. The molecule has 0 saturated carbocycles. The molecule has 1 aliphatic carbocycles. The van der Waals surface area contributed by atoms with Crippen LogP contribution in [0.3, 0.4) is 0 Å². The van der Waals surface area contributed by atoms with E-state index in [-0.39, 0.29) is 0 Å². The van der Waals surface area contributed by atoms with Gasteiger partial charge in [0.2, 0.25) is 0 Å². The first-order valence-corrected chi connectivity index (χ1v) is 3.13. The van der Waals surface area contributed by atoms with E-state index in [1.165, 1.54) is 12.0 Å². The Hall–Kier alpha value is -0.990. The number of hydrogen-bond acceptors (Lipinski definition) is 3. The van der Waals surface area contributed by atoms with Gasteiger partial charge in [-0.3, -0.25) is 0 Å². The van der Waals surface area contributed by atoms with E-state index >= 15 is 0 Å².